The van der Waals surface area contributed by atoms with E-state index in [-0.39, 0.29) is 5.92 Å². The van der Waals surface area contributed by atoms with Crippen molar-refractivity contribution in [2.75, 3.05) is 0 Å². The second-order valence-electron chi connectivity index (χ2n) is 6.23. The summed E-state index contributed by atoms with van der Waals surface area (Å²) in [5, 5.41) is 10.5. The Morgan fingerprint density at radius 3 is 2.29 bits per heavy atom. The molecule has 92 valence electrons. The number of rotatable bonds is 2. The Morgan fingerprint density at radius 2 is 1.76 bits per heavy atom. The highest BCUT2D eigenvalue weighted by molar-refractivity contribution is 6.79. The second-order valence-corrected chi connectivity index (χ2v) is 11.5. The van der Waals surface area contributed by atoms with Gasteiger partial charge in [0.25, 0.3) is 0 Å². The van der Waals surface area contributed by atoms with Crippen LogP contribution >= 0.6 is 0 Å². The van der Waals surface area contributed by atoms with Crippen LogP contribution < -0.4 is 0 Å². The van der Waals surface area contributed by atoms with E-state index >= 15 is 0 Å². The Morgan fingerprint density at radius 1 is 1.18 bits per heavy atom. The van der Waals surface area contributed by atoms with Crippen molar-refractivity contribution in [2.45, 2.75) is 44.1 Å². The molecule has 0 bridgehead atoms. The van der Waals surface area contributed by atoms with Crippen molar-refractivity contribution in [2.24, 2.45) is 0 Å². The molecule has 0 aliphatic heterocycles. The molecule has 1 aliphatic carbocycles. The van der Waals surface area contributed by atoms with Gasteiger partial charge in [-0.25, -0.2) is 0 Å². The van der Waals surface area contributed by atoms with Gasteiger partial charge in [0.2, 0.25) is 0 Å². The van der Waals surface area contributed by atoms with Crippen molar-refractivity contribution in [1.82, 2.24) is 0 Å². The monoisotopic (exact) mass is 246 g/mol. The van der Waals surface area contributed by atoms with Gasteiger partial charge in [-0.3, -0.25) is 0 Å². The Hall–Kier alpha value is -0.863. The summed E-state index contributed by atoms with van der Waals surface area (Å²) in [6.45, 7) is 8.88. The van der Waals surface area contributed by atoms with Gasteiger partial charge in [0.05, 0.1) is 13.3 Å². The number of allylic oxidation sites excluding steroid dienone is 1. The van der Waals surface area contributed by atoms with Crippen LogP contribution in [0.4, 0.5) is 0 Å². The van der Waals surface area contributed by atoms with E-state index in [0.717, 1.165) is 6.42 Å². The highest BCUT2D eigenvalue weighted by atomic mass is 28.3. The van der Waals surface area contributed by atoms with Crippen LogP contribution in [0.2, 0.25) is 19.6 Å². The third-order valence-corrected chi connectivity index (χ3v) is 6.82. The van der Waals surface area contributed by atoms with Gasteiger partial charge in [0.1, 0.15) is 0 Å². The minimum atomic E-state index is -1.66. The van der Waals surface area contributed by atoms with Crippen LogP contribution in [0.3, 0.4) is 0 Å². The maximum atomic E-state index is 11.1. The quantitative estimate of drug-likeness (QED) is 0.623. The van der Waals surface area contributed by atoms with E-state index in [2.05, 4.69) is 56.9 Å². The highest BCUT2D eigenvalue weighted by Gasteiger charge is 2.49. The minimum absolute atomic E-state index is 0.246. The summed E-state index contributed by atoms with van der Waals surface area (Å²) < 4.78 is 0. The molecule has 0 spiro atoms. The summed E-state index contributed by atoms with van der Waals surface area (Å²) in [7, 11) is -1.66. The van der Waals surface area contributed by atoms with E-state index in [0.29, 0.717) is 0 Å². The molecule has 0 saturated heterocycles. The molecule has 0 saturated carbocycles. The van der Waals surface area contributed by atoms with Gasteiger partial charge in [-0.05, 0) is 18.9 Å². The van der Waals surface area contributed by atoms with Crippen molar-refractivity contribution in [3.63, 3.8) is 0 Å². The average molecular weight is 246 g/mol. The molecule has 1 aromatic carbocycles. The smallest absolute Gasteiger partial charge is 0.0878 e. The lowest BCUT2D eigenvalue weighted by Crippen LogP contribution is -2.53. The lowest BCUT2D eigenvalue weighted by molar-refractivity contribution is 0.143. The fourth-order valence-corrected chi connectivity index (χ4v) is 4.80. The molecule has 0 radical (unpaired) electrons. The van der Waals surface area contributed by atoms with Gasteiger partial charge in [0.15, 0.2) is 0 Å². The normalized spacial score (nSPS) is 29.2. The zero-order chi connectivity index (χ0) is 12.7. The van der Waals surface area contributed by atoms with Crippen LogP contribution in [0.15, 0.2) is 42.0 Å². The zero-order valence-electron chi connectivity index (χ0n) is 11.2. The lowest BCUT2D eigenvalue weighted by atomic mass is 9.93. The minimum Gasteiger partial charge on any atom is -0.389 e. The number of benzene rings is 1. The van der Waals surface area contributed by atoms with E-state index in [1.807, 2.05) is 6.07 Å². The van der Waals surface area contributed by atoms with E-state index in [1.165, 1.54) is 11.1 Å². The van der Waals surface area contributed by atoms with Gasteiger partial charge in [-0.1, -0.05) is 61.6 Å². The van der Waals surface area contributed by atoms with Gasteiger partial charge in [0, 0.05) is 5.92 Å². The van der Waals surface area contributed by atoms with Gasteiger partial charge in [-0.2, -0.15) is 0 Å². The van der Waals surface area contributed by atoms with Gasteiger partial charge < -0.3 is 5.11 Å². The summed E-state index contributed by atoms with van der Waals surface area (Å²) in [6, 6.07) is 10.4. The van der Waals surface area contributed by atoms with Crippen LogP contribution in [0.25, 0.3) is 0 Å². The summed E-state index contributed by atoms with van der Waals surface area (Å²) >= 11 is 0. The Kier molecular flexibility index (Phi) is 3.04. The Bertz CT molecular complexity index is 430. The van der Waals surface area contributed by atoms with Crippen LogP contribution in [0.5, 0.6) is 0 Å². The number of hydrogen-bond donors (Lipinski definition) is 1. The van der Waals surface area contributed by atoms with Crippen LogP contribution in [-0.2, 0) is 0 Å². The van der Waals surface area contributed by atoms with Crippen molar-refractivity contribution in [3.05, 3.63) is 47.5 Å². The molecule has 2 heteroatoms. The molecule has 2 rings (SSSR count). The van der Waals surface area contributed by atoms with E-state index in [4.69, 9.17) is 0 Å². The first-order chi connectivity index (χ1) is 7.84. The first-order valence-electron chi connectivity index (χ1n) is 6.30. The van der Waals surface area contributed by atoms with Crippen molar-refractivity contribution in [1.29, 1.82) is 0 Å². The maximum Gasteiger partial charge on any atom is 0.0878 e. The maximum absolute atomic E-state index is 11.1. The fourth-order valence-electron chi connectivity index (χ4n) is 2.81. The molecule has 0 amide bonds. The molecule has 0 fully saturated rings. The first-order valence-corrected chi connectivity index (χ1v) is 9.80. The molecular weight excluding hydrogens is 224 g/mol. The highest BCUT2D eigenvalue weighted by Crippen LogP contribution is 2.46. The van der Waals surface area contributed by atoms with Crippen LogP contribution in [-0.4, -0.2) is 18.4 Å². The molecule has 0 aromatic heterocycles. The van der Waals surface area contributed by atoms with Crippen LogP contribution in [0.1, 0.15) is 24.8 Å². The molecule has 17 heavy (non-hydrogen) atoms. The molecule has 0 heterocycles. The van der Waals surface area contributed by atoms with E-state index < -0.39 is 13.3 Å². The van der Waals surface area contributed by atoms with Gasteiger partial charge >= 0.3 is 0 Å². The first kappa shape index (κ1) is 12.6. The standard InChI is InChI=1S/C15H22OSi/c1-12-10-14(13-8-6-5-7-9-13)15(16,11-12)17(2,3)4/h5-9,11,14,16H,10H2,1-4H3/t14-,15-/m0/s1. The zero-order valence-corrected chi connectivity index (χ0v) is 12.2. The predicted octanol–water partition coefficient (Wildman–Crippen LogP) is 3.73. The number of hydrogen-bond acceptors (Lipinski definition) is 1. The van der Waals surface area contributed by atoms with E-state index in [9.17, 15) is 5.11 Å². The Labute approximate surface area is 105 Å². The topological polar surface area (TPSA) is 20.2 Å². The summed E-state index contributed by atoms with van der Waals surface area (Å²) in [6.07, 6.45) is 3.11. The summed E-state index contributed by atoms with van der Waals surface area (Å²) in [4.78, 5) is 0. The number of aliphatic hydroxyl groups is 1. The largest absolute Gasteiger partial charge is 0.389 e. The third kappa shape index (κ3) is 2.12. The molecule has 1 aromatic rings. The van der Waals surface area contributed by atoms with E-state index in [1.54, 1.807) is 0 Å². The molecular formula is C15H22OSi. The summed E-state index contributed by atoms with van der Waals surface area (Å²) in [5.74, 6) is 0.246. The molecule has 2 atom stereocenters. The lowest BCUT2D eigenvalue weighted by Gasteiger charge is -2.40. The fraction of sp³-hybridized carbons (Fsp3) is 0.467. The molecule has 1 nitrogen and oxygen atoms in total. The molecule has 1 aliphatic rings. The predicted molar refractivity (Wildman–Crippen MR) is 75.9 cm³/mol. The van der Waals surface area contributed by atoms with Crippen molar-refractivity contribution < 1.29 is 5.11 Å². The second kappa shape index (κ2) is 4.11. The Balaban J connectivity index is 2.43. The van der Waals surface area contributed by atoms with Crippen LogP contribution in [0, 0.1) is 0 Å². The van der Waals surface area contributed by atoms with Crippen molar-refractivity contribution in [3.8, 4) is 0 Å². The SMILES string of the molecule is CC1=C[C@](O)([Si](C)(C)C)[C@H](c2ccccc2)C1. The van der Waals surface area contributed by atoms with Crippen molar-refractivity contribution >= 4 is 8.07 Å². The van der Waals surface area contributed by atoms with Gasteiger partial charge in [-0.15, -0.1) is 0 Å². The molecule has 0 unspecified atom stereocenters. The molecule has 1 N–H and O–H groups in total. The summed E-state index contributed by atoms with van der Waals surface area (Å²) in [5.41, 5.74) is 2.59. The average Bonchev–Trinajstić information content (AvgIpc) is 2.56. The third-order valence-electron chi connectivity index (χ3n) is 3.93.